The Morgan fingerprint density at radius 2 is 1.86 bits per heavy atom. The van der Waals surface area contributed by atoms with E-state index in [-0.39, 0.29) is 22.6 Å². The molecule has 21 heavy (non-hydrogen) atoms. The van der Waals surface area contributed by atoms with Crippen molar-refractivity contribution >= 4 is 21.8 Å². The van der Waals surface area contributed by atoms with Gasteiger partial charge in [0.1, 0.15) is 11.9 Å². The Labute approximate surface area is 124 Å². The van der Waals surface area contributed by atoms with Crippen LogP contribution in [0.25, 0.3) is 0 Å². The van der Waals surface area contributed by atoms with Gasteiger partial charge in [0.05, 0.1) is 4.90 Å². The van der Waals surface area contributed by atoms with Crippen LogP contribution in [0.15, 0.2) is 34.2 Å². The summed E-state index contributed by atoms with van der Waals surface area (Å²) in [6.07, 6.45) is 0. The quantitative estimate of drug-likeness (QED) is 0.898. The highest BCUT2D eigenvalue weighted by Crippen LogP contribution is 2.23. The highest BCUT2D eigenvalue weighted by molar-refractivity contribution is 7.90. The van der Waals surface area contributed by atoms with E-state index in [4.69, 9.17) is 0 Å². The number of nitrogens with zero attached hydrogens (tertiary/aromatic N) is 2. The Hall–Kier alpha value is -1.89. The van der Waals surface area contributed by atoms with Gasteiger partial charge in [0, 0.05) is 19.7 Å². The summed E-state index contributed by atoms with van der Waals surface area (Å²) in [7, 11) is -0.263. The average molecular weight is 309 g/mol. The molecule has 0 saturated heterocycles. The van der Waals surface area contributed by atoms with E-state index in [0.717, 1.165) is 0 Å². The first-order valence-corrected chi connectivity index (χ1v) is 8.13. The van der Waals surface area contributed by atoms with Crippen molar-refractivity contribution in [2.24, 2.45) is 10.9 Å². The first-order valence-electron chi connectivity index (χ1n) is 6.65. The molecule has 0 bridgehead atoms. The van der Waals surface area contributed by atoms with Crippen molar-refractivity contribution in [2.45, 2.75) is 24.8 Å². The summed E-state index contributed by atoms with van der Waals surface area (Å²) < 4.78 is 26.5. The number of amides is 1. The summed E-state index contributed by atoms with van der Waals surface area (Å²) in [5.41, 5.74) is 0.509. The lowest BCUT2D eigenvalue weighted by molar-refractivity contribution is -0.130. The van der Waals surface area contributed by atoms with Crippen molar-refractivity contribution in [3.05, 3.63) is 29.8 Å². The Kier molecular flexibility index (Phi) is 4.04. The number of hydrogen-bond acceptors (Lipinski definition) is 4. The maximum absolute atomic E-state index is 12.2. The third kappa shape index (κ3) is 2.92. The lowest BCUT2D eigenvalue weighted by Gasteiger charge is -2.20. The molecular weight excluding hydrogens is 290 g/mol. The molecule has 1 heterocycles. The summed E-state index contributed by atoms with van der Waals surface area (Å²) in [5.74, 6) is 0.0465. The number of carbonyl (C=O) groups is 1. The lowest BCUT2D eigenvalue weighted by Crippen LogP contribution is -2.37. The van der Waals surface area contributed by atoms with Gasteiger partial charge in [-0.05, 0) is 18.1 Å². The molecule has 0 radical (unpaired) electrons. The Bertz CT molecular complexity index is 693. The van der Waals surface area contributed by atoms with E-state index in [1.807, 2.05) is 13.8 Å². The van der Waals surface area contributed by atoms with E-state index in [2.05, 4.69) is 9.71 Å². The van der Waals surface area contributed by atoms with E-state index in [9.17, 15) is 13.2 Å². The van der Waals surface area contributed by atoms with Gasteiger partial charge < -0.3 is 4.90 Å². The number of hydrogen-bond donors (Lipinski definition) is 1. The standard InChI is InChI=1S/C14H19N3O3S/c1-9(2)12(14(18)17(3)4)15-13-10-7-5-6-8-11(10)21(19,20)16-13/h5-9,12H,1-4H3,(H,15,16)/t12-/m0/s1. The lowest BCUT2D eigenvalue weighted by atomic mass is 10.0. The summed E-state index contributed by atoms with van der Waals surface area (Å²) in [6.45, 7) is 3.76. The molecule has 6 nitrogen and oxygen atoms in total. The molecular formula is C14H19N3O3S. The second kappa shape index (κ2) is 5.48. The van der Waals surface area contributed by atoms with Gasteiger partial charge in [-0.1, -0.05) is 26.0 Å². The van der Waals surface area contributed by atoms with E-state index < -0.39 is 16.1 Å². The van der Waals surface area contributed by atoms with Crippen LogP contribution in [0.4, 0.5) is 0 Å². The van der Waals surface area contributed by atoms with Gasteiger partial charge in [0.15, 0.2) is 0 Å². The number of carbonyl (C=O) groups excluding carboxylic acids is 1. The van der Waals surface area contributed by atoms with Crippen LogP contribution in [0.2, 0.25) is 0 Å². The summed E-state index contributed by atoms with van der Waals surface area (Å²) in [6, 6.07) is 5.99. The van der Waals surface area contributed by atoms with Gasteiger partial charge in [-0.25, -0.2) is 8.42 Å². The molecule has 1 aliphatic heterocycles. The fraction of sp³-hybridized carbons (Fsp3) is 0.429. The molecule has 7 heteroatoms. The van der Waals surface area contributed by atoms with Crippen LogP contribution >= 0.6 is 0 Å². The second-order valence-corrected chi connectivity index (χ2v) is 7.15. The third-order valence-electron chi connectivity index (χ3n) is 3.26. The van der Waals surface area contributed by atoms with Gasteiger partial charge in [0.2, 0.25) is 5.91 Å². The fourth-order valence-electron chi connectivity index (χ4n) is 2.12. The van der Waals surface area contributed by atoms with Crippen molar-refractivity contribution in [3.8, 4) is 0 Å². The molecule has 1 N–H and O–H groups in total. The van der Waals surface area contributed by atoms with Crippen molar-refractivity contribution < 1.29 is 13.2 Å². The summed E-state index contributed by atoms with van der Waals surface area (Å²) in [5, 5.41) is 0. The van der Waals surface area contributed by atoms with Crippen LogP contribution in [0.5, 0.6) is 0 Å². The topological polar surface area (TPSA) is 78.8 Å². The molecule has 1 aromatic carbocycles. The third-order valence-corrected chi connectivity index (χ3v) is 4.65. The average Bonchev–Trinajstić information content (AvgIpc) is 2.67. The minimum atomic E-state index is -3.58. The first kappa shape index (κ1) is 15.5. The molecule has 1 amide bonds. The van der Waals surface area contributed by atoms with Gasteiger partial charge in [-0.15, -0.1) is 0 Å². The fourth-order valence-corrected chi connectivity index (χ4v) is 3.36. The molecule has 0 unspecified atom stereocenters. The van der Waals surface area contributed by atoms with E-state index in [1.54, 1.807) is 32.3 Å². The Balaban J connectivity index is 2.49. The minimum absolute atomic E-state index is 0.0373. The summed E-state index contributed by atoms with van der Waals surface area (Å²) in [4.78, 5) is 18.2. The molecule has 0 aromatic heterocycles. The van der Waals surface area contributed by atoms with Crippen LogP contribution in [0, 0.1) is 5.92 Å². The van der Waals surface area contributed by atoms with Crippen LogP contribution in [0.3, 0.4) is 0 Å². The second-order valence-electron chi connectivity index (χ2n) is 5.50. The molecule has 2 rings (SSSR count). The monoisotopic (exact) mass is 309 g/mol. The molecule has 1 aliphatic rings. The van der Waals surface area contributed by atoms with Gasteiger partial charge in [0.25, 0.3) is 10.0 Å². The van der Waals surface area contributed by atoms with Crippen molar-refractivity contribution in [1.29, 1.82) is 0 Å². The molecule has 0 aliphatic carbocycles. The molecule has 0 saturated carbocycles. The molecule has 1 atom stereocenters. The number of nitrogens with one attached hydrogen (secondary N) is 1. The van der Waals surface area contributed by atoms with Crippen LogP contribution in [0.1, 0.15) is 19.4 Å². The highest BCUT2D eigenvalue weighted by Gasteiger charge is 2.32. The van der Waals surface area contributed by atoms with E-state index >= 15 is 0 Å². The van der Waals surface area contributed by atoms with E-state index in [0.29, 0.717) is 5.56 Å². The van der Waals surface area contributed by atoms with Crippen molar-refractivity contribution in [1.82, 2.24) is 9.62 Å². The normalized spacial score (nSPS) is 19.2. The van der Waals surface area contributed by atoms with Crippen LogP contribution in [-0.2, 0) is 14.8 Å². The number of likely N-dealkylation sites (N-methyl/N-ethyl adjacent to an activating group) is 1. The first-order chi connectivity index (χ1) is 9.74. The largest absolute Gasteiger partial charge is 0.347 e. The SMILES string of the molecule is CC(C)[C@H](N=C1NS(=O)(=O)c2ccccc21)C(=O)N(C)C. The maximum Gasteiger partial charge on any atom is 0.263 e. The minimum Gasteiger partial charge on any atom is -0.347 e. The Morgan fingerprint density at radius 3 is 2.43 bits per heavy atom. The van der Waals surface area contributed by atoms with Crippen molar-refractivity contribution in [2.75, 3.05) is 14.1 Å². The number of rotatable bonds is 3. The van der Waals surface area contributed by atoms with Crippen LogP contribution < -0.4 is 4.72 Å². The molecule has 1 aromatic rings. The van der Waals surface area contributed by atoms with Gasteiger partial charge >= 0.3 is 0 Å². The zero-order valence-corrected chi connectivity index (χ0v) is 13.3. The number of amidine groups is 1. The predicted molar refractivity (Wildman–Crippen MR) is 80.6 cm³/mol. The highest BCUT2D eigenvalue weighted by atomic mass is 32.2. The zero-order valence-electron chi connectivity index (χ0n) is 12.5. The number of fused-ring (bicyclic) bond motifs is 1. The summed E-state index contributed by atoms with van der Waals surface area (Å²) >= 11 is 0. The molecule has 0 spiro atoms. The van der Waals surface area contributed by atoms with Gasteiger partial charge in [-0.3, -0.25) is 14.5 Å². The van der Waals surface area contributed by atoms with Gasteiger partial charge in [-0.2, -0.15) is 0 Å². The molecule has 114 valence electrons. The Morgan fingerprint density at radius 1 is 1.24 bits per heavy atom. The number of benzene rings is 1. The van der Waals surface area contributed by atoms with Crippen LogP contribution in [-0.4, -0.2) is 45.2 Å². The number of sulfonamides is 1. The predicted octanol–water partition coefficient (Wildman–Crippen LogP) is 0.838. The molecule has 0 fully saturated rings. The van der Waals surface area contributed by atoms with E-state index in [1.165, 1.54) is 11.0 Å². The number of aliphatic imine (C=N–C) groups is 1. The maximum atomic E-state index is 12.2. The van der Waals surface area contributed by atoms with Crippen molar-refractivity contribution in [3.63, 3.8) is 0 Å². The smallest absolute Gasteiger partial charge is 0.263 e. The zero-order chi connectivity index (χ0) is 15.8.